The van der Waals surface area contributed by atoms with Crippen molar-refractivity contribution in [2.45, 2.75) is 44.3 Å². The zero-order valence-corrected chi connectivity index (χ0v) is 12.6. The number of fused-ring (bicyclic) bond motifs is 2. The molecule has 0 amide bonds. The molecule has 0 nitrogen and oxygen atoms in total. The van der Waals surface area contributed by atoms with Crippen LogP contribution in [0.5, 0.6) is 0 Å². The van der Waals surface area contributed by atoms with E-state index in [1.165, 1.54) is 25.3 Å². The van der Waals surface area contributed by atoms with E-state index in [-0.39, 0.29) is 0 Å². The molecule has 0 N–H and O–H groups in total. The molecule has 0 heterocycles. The quantitative estimate of drug-likeness (QED) is 0.555. The van der Waals surface area contributed by atoms with Gasteiger partial charge in [0.15, 0.2) is 0 Å². The molecule has 18 heavy (non-hydrogen) atoms. The van der Waals surface area contributed by atoms with Crippen molar-refractivity contribution in [2.75, 3.05) is 0 Å². The van der Waals surface area contributed by atoms with Crippen molar-refractivity contribution in [1.29, 1.82) is 0 Å². The first-order valence-electron chi connectivity index (χ1n) is 7.48. The highest BCUT2D eigenvalue weighted by atomic mass is 28.3. The van der Waals surface area contributed by atoms with E-state index in [1.54, 1.807) is 5.19 Å². The van der Waals surface area contributed by atoms with Crippen molar-refractivity contribution in [2.24, 2.45) is 11.8 Å². The summed E-state index contributed by atoms with van der Waals surface area (Å²) in [5, 5.41) is 1.69. The normalized spacial score (nSPS) is 32.7. The van der Waals surface area contributed by atoms with Crippen LogP contribution in [-0.4, -0.2) is 8.07 Å². The van der Waals surface area contributed by atoms with Crippen LogP contribution in [0.2, 0.25) is 18.1 Å². The summed E-state index contributed by atoms with van der Waals surface area (Å²) in [4.78, 5) is 0. The van der Waals surface area contributed by atoms with E-state index >= 15 is 0 Å². The predicted molar refractivity (Wildman–Crippen MR) is 81.9 cm³/mol. The van der Waals surface area contributed by atoms with Crippen molar-refractivity contribution >= 4 is 13.3 Å². The number of allylic oxidation sites excluding steroid dienone is 2. The number of hydrogen-bond acceptors (Lipinski definition) is 0. The van der Waals surface area contributed by atoms with E-state index in [4.69, 9.17) is 0 Å². The molecule has 0 saturated heterocycles. The predicted octanol–water partition coefficient (Wildman–Crippen LogP) is 4.35. The smallest absolute Gasteiger partial charge is 0.0851 e. The molecule has 0 spiro atoms. The van der Waals surface area contributed by atoms with E-state index in [1.807, 2.05) is 0 Å². The summed E-state index contributed by atoms with van der Waals surface area (Å²) in [5.74, 6) is 1.81. The van der Waals surface area contributed by atoms with Crippen molar-refractivity contribution in [3.05, 3.63) is 42.5 Å². The van der Waals surface area contributed by atoms with Gasteiger partial charge in [-0.1, -0.05) is 73.6 Å². The second-order valence-electron chi connectivity index (χ2n) is 6.42. The molecule has 1 heteroatoms. The summed E-state index contributed by atoms with van der Waals surface area (Å²) < 4.78 is 0. The summed E-state index contributed by atoms with van der Waals surface area (Å²) in [6, 6.07) is 12.9. The Balaban J connectivity index is 1.94. The lowest BCUT2D eigenvalue weighted by Crippen LogP contribution is -2.50. The van der Waals surface area contributed by atoms with Crippen LogP contribution in [0.3, 0.4) is 0 Å². The maximum Gasteiger partial charge on any atom is 0.0873 e. The molecule has 2 bridgehead atoms. The Hall–Kier alpha value is -0.823. The number of hydrogen-bond donors (Lipinski definition) is 0. The molecule has 1 saturated carbocycles. The van der Waals surface area contributed by atoms with Crippen molar-refractivity contribution in [1.82, 2.24) is 0 Å². The van der Waals surface area contributed by atoms with Crippen LogP contribution in [0.1, 0.15) is 26.2 Å². The third-order valence-electron chi connectivity index (χ3n) is 5.30. The van der Waals surface area contributed by atoms with Gasteiger partial charge < -0.3 is 0 Å². The van der Waals surface area contributed by atoms with Crippen molar-refractivity contribution < 1.29 is 0 Å². The summed E-state index contributed by atoms with van der Waals surface area (Å²) in [7, 11) is -1.30. The molecule has 96 valence electrons. The molecule has 1 aromatic rings. The molecular weight excluding hydrogens is 232 g/mol. The zero-order chi connectivity index (χ0) is 12.6. The fourth-order valence-electron chi connectivity index (χ4n) is 4.40. The highest BCUT2D eigenvalue weighted by Crippen LogP contribution is 2.52. The van der Waals surface area contributed by atoms with Gasteiger partial charge in [-0.05, 0) is 30.2 Å². The highest BCUT2D eigenvalue weighted by Gasteiger charge is 2.47. The lowest BCUT2D eigenvalue weighted by Gasteiger charge is -2.38. The second-order valence-corrected chi connectivity index (χ2v) is 11.1. The summed E-state index contributed by atoms with van der Waals surface area (Å²) in [5.41, 5.74) is 0.995. The molecule has 2 aliphatic carbocycles. The van der Waals surface area contributed by atoms with Crippen molar-refractivity contribution in [3.8, 4) is 0 Å². The van der Waals surface area contributed by atoms with Crippen LogP contribution in [0.4, 0.5) is 0 Å². The van der Waals surface area contributed by atoms with E-state index in [0.29, 0.717) is 0 Å². The maximum absolute atomic E-state index is 2.64. The molecule has 0 radical (unpaired) electrons. The molecule has 4 unspecified atom stereocenters. The Morgan fingerprint density at radius 1 is 1.11 bits per heavy atom. The van der Waals surface area contributed by atoms with E-state index < -0.39 is 8.07 Å². The fraction of sp³-hybridized carbons (Fsp3) is 0.529. The molecule has 4 atom stereocenters. The minimum Gasteiger partial charge on any atom is -0.0851 e. The largest absolute Gasteiger partial charge is 0.0873 e. The second kappa shape index (κ2) is 4.69. The Bertz CT molecular complexity index is 436. The molecule has 3 rings (SSSR count). The van der Waals surface area contributed by atoms with Crippen LogP contribution in [-0.2, 0) is 0 Å². The first-order chi connectivity index (χ1) is 8.74. The first-order valence-corrected chi connectivity index (χ1v) is 10.3. The number of benzene rings is 1. The Morgan fingerprint density at radius 3 is 2.44 bits per heavy atom. The Kier molecular flexibility index (Phi) is 3.19. The van der Waals surface area contributed by atoms with Gasteiger partial charge in [0.25, 0.3) is 0 Å². The van der Waals surface area contributed by atoms with E-state index in [0.717, 1.165) is 17.4 Å². The number of rotatable bonds is 4. The lowest BCUT2D eigenvalue weighted by atomic mass is 10.1. The van der Waals surface area contributed by atoms with Gasteiger partial charge in [-0.3, -0.25) is 0 Å². The first kappa shape index (κ1) is 12.2. The van der Waals surface area contributed by atoms with Gasteiger partial charge in [-0.2, -0.15) is 0 Å². The molecule has 2 aliphatic rings. The standard InChI is InChI=1S/C17H24Si/c1-3-11-18(2,16-7-5-4-6-8-16)17-13-14-9-10-15(17)12-14/h4-10,14-15,17H,3,11-13H2,1-2H3. The van der Waals surface area contributed by atoms with Gasteiger partial charge in [0.05, 0.1) is 8.07 Å². The SMILES string of the molecule is CCC[Si](C)(c1ccccc1)C1CC2C=CC1C2. The molecule has 0 aliphatic heterocycles. The van der Waals surface area contributed by atoms with Crippen LogP contribution < -0.4 is 5.19 Å². The lowest BCUT2D eigenvalue weighted by molar-refractivity contribution is 0.670. The monoisotopic (exact) mass is 256 g/mol. The average Bonchev–Trinajstić information content (AvgIpc) is 3.02. The Morgan fingerprint density at radius 2 is 1.89 bits per heavy atom. The van der Waals surface area contributed by atoms with Gasteiger partial charge in [-0.25, -0.2) is 0 Å². The van der Waals surface area contributed by atoms with Crippen LogP contribution in [0.15, 0.2) is 42.5 Å². The summed E-state index contributed by atoms with van der Waals surface area (Å²) >= 11 is 0. The summed E-state index contributed by atoms with van der Waals surface area (Å²) in [6.45, 7) is 5.00. The third-order valence-corrected chi connectivity index (χ3v) is 10.8. The zero-order valence-electron chi connectivity index (χ0n) is 11.6. The average molecular weight is 256 g/mol. The Labute approximate surface area is 112 Å². The topological polar surface area (TPSA) is 0 Å². The summed E-state index contributed by atoms with van der Waals surface area (Å²) in [6.07, 6.45) is 9.27. The van der Waals surface area contributed by atoms with Crippen LogP contribution in [0.25, 0.3) is 0 Å². The minimum absolute atomic E-state index is 0.901. The van der Waals surface area contributed by atoms with Crippen LogP contribution in [0, 0.1) is 11.8 Å². The molecular formula is C17H24Si. The molecule has 0 aromatic heterocycles. The highest BCUT2D eigenvalue weighted by molar-refractivity contribution is 6.92. The minimum atomic E-state index is -1.30. The van der Waals surface area contributed by atoms with Gasteiger partial charge >= 0.3 is 0 Å². The van der Waals surface area contributed by atoms with Gasteiger partial charge in [0, 0.05) is 0 Å². The molecule has 1 fully saturated rings. The fourth-order valence-corrected chi connectivity index (χ4v) is 9.49. The third kappa shape index (κ3) is 1.89. The maximum atomic E-state index is 2.64. The van der Waals surface area contributed by atoms with Crippen LogP contribution >= 0.6 is 0 Å². The van der Waals surface area contributed by atoms with E-state index in [9.17, 15) is 0 Å². The van der Waals surface area contributed by atoms with Gasteiger partial charge in [0.2, 0.25) is 0 Å². The van der Waals surface area contributed by atoms with Gasteiger partial charge in [-0.15, -0.1) is 0 Å². The molecule has 1 aromatic carbocycles. The van der Waals surface area contributed by atoms with Gasteiger partial charge in [0.1, 0.15) is 0 Å². The van der Waals surface area contributed by atoms with E-state index in [2.05, 4.69) is 56.0 Å². The van der Waals surface area contributed by atoms with Crippen molar-refractivity contribution in [3.63, 3.8) is 0 Å².